The van der Waals surface area contributed by atoms with Crippen molar-refractivity contribution in [3.8, 4) is 5.75 Å². The molecule has 2 aromatic carbocycles. The van der Waals surface area contributed by atoms with Gasteiger partial charge in [0.25, 0.3) is 5.56 Å². The highest BCUT2D eigenvalue weighted by Crippen LogP contribution is 2.31. The van der Waals surface area contributed by atoms with Crippen LogP contribution in [0.1, 0.15) is 30.7 Å². The van der Waals surface area contributed by atoms with Crippen molar-refractivity contribution < 1.29 is 41.4 Å². The van der Waals surface area contributed by atoms with E-state index in [1.165, 1.54) is 34.9 Å². The van der Waals surface area contributed by atoms with Gasteiger partial charge in [-0.1, -0.05) is 6.08 Å². The van der Waals surface area contributed by atoms with Crippen molar-refractivity contribution in [2.45, 2.75) is 32.4 Å². The number of pyridine rings is 1. The monoisotopic (exact) mass is 660 g/mol. The van der Waals surface area contributed by atoms with Crippen LogP contribution in [0.5, 0.6) is 5.75 Å². The lowest BCUT2D eigenvalue weighted by atomic mass is 10.2. The molecule has 250 valence electrons. The molecule has 0 fully saturated rings. The molecule has 2 heterocycles. The number of aromatic amines is 1. The summed E-state index contributed by atoms with van der Waals surface area (Å²) < 4.78 is 66.6. The molecule has 0 atom stereocenters. The molecule has 47 heavy (non-hydrogen) atoms. The largest absolute Gasteiger partial charge is 0.483 e. The number of H-pyrrole nitrogens is 1. The van der Waals surface area contributed by atoms with Gasteiger partial charge in [-0.2, -0.15) is 4.39 Å². The second-order valence-corrected chi connectivity index (χ2v) is 10.1. The van der Waals surface area contributed by atoms with E-state index in [0.29, 0.717) is 18.9 Å². The average molecular weight is 661 g/mol. The third kappa shape index (κ3) is 10.2. The van der Waals surface area contributed by atoms with Gasteiger partial charge in [0.15, 0.2) is 11.6 Å². The van der Waals surface area contributed by atoms with Gasteiger partial charge in [0.05, 0.1) is 19.2 Å². The van der Waals surface area contributed by atoms with Crippen LogP contribution in [0, 0.1) is 23.3 Å². The number of nitrogens with two attached hydrogens (primary N) is 1. The summed E-state index contributed by atoms with van der Waals surface area (Å²) in [5.74, 6) is -5.26. The first-order valence-corrected chi connectivity index (χ1v) is 13.9. The summed E-state index contributed by atoms with van der Waals surface area (Å²) in [5, 5.41) is 2.57. The van der Waals surface area contributed by atoms with Crippen LogP contribution in [0.15, 0.2) is 59.5 Å². The maximum atomic E-state index is 14.6. The zero-order valence-corrected chi connectivity index (χ0v) is 25.6. The number of unbranched alkanes of at least 4 members (excludes halogenated alkanes) is 1. The number of hydrogen-bond donors (Lipinski definition) is 3. The number of rotatable bonds is 11. The van der Waals surface area contributed by atoms with E-state index in [-0.39, 0.29) is 52.9 Å². The van der Waals surface area contributed by atoms with Crippen LogP contribution in [-0.4, -0.2) is 58.5 Å². The summed E-state index contributed by atoms with van der Waals surface area (Å²) in [4.78, 5) is 54.7. The number of imidazole rings is 1. The number of amides is 3. The highest BCUT2D eigenvalue weighted by molar-refractivity contribution is 5.90. The summed E-state index contributed by atoms with van der Waals surface area (Å²) in [6, 6.07) is 6.63. The van der Waals surface area contributed by atoms with Gasteiger partial charge in [0.2, 0.25) is 17.6 Å². The zero-order valence-electron chi connectivity index (χ0n) is 25.6. The quantitative estimate of drug-likeness (QED) is 0.122. The number of hydrogen-bond acceptors (Lipinski definition) is 7. The minimum atomic E-state index is -1.34. The molecule has 0 bridgehead atoms. The third-order valence-electron chi connectivity index (χ3n) is 6.35. The Morgan fingerprint density at radius 3 is 2.49 bits per heavy atom. The van der Waals surface area contributed by atoms with E-state index in [2.05, 4.69) is 25.8 Å². The van der Waals surface area contributed by atoms with Crippen molar-refractivity contribution in [1.82, 2.24) is 19.4 Å². The Morgan fingerprint density at radius 1 is 1.11 bits per heavy atom. The first kappa shape index (κ1) is 35.8. The first-order chi connectivity index (χ1) is 22.3. The van der Waals surface area contributed by atoms with E-state index in [0.717, 1.165) is 18.2 Å². The number of nitrogens with one attached hydrogen (secondary N) is 2. The fraction of sp³-hybridized carbons (Fsp3) is 0.258. The Hall–Kier alpha value is -5.67. The van der Waals surface area contributed by atoms with Gasteiger partial charge in [-0.05, 0) is 43.2 Å². The highest BCUT2D eigenvalue weighted by Gasteiger charge is 2.20. The van der Waals surface area contributed by atoms with E-state index < -0.39 is 47.3 Å². The predicted molar refractivity (Wildman–Crippen MR) is 163 cm³/mol. The number of anilines is 1. The van der Waals surface area contributed by atoms with Crippen LogP contribution >= 0.6 is 0 Å². The van der Waals surface area contributed by atoms with Crippen LogP contribution in [0.2, 0.25) is 0 Å². The number of fused-ring (bicyclic) bond motifs is 1. The number of allylic oxidation sites excluding steroid dienone is 1. The maximum absolute atomic E-state index is 14.6. The fourth-order valence-corrected chi connectivity index (χ4v) is 3.96. The molecule has 0 aliphatic rings. The minimum Gasteiger partial charge on any atom is -0.483 e. The lowest BCUT2D eigenvalue weighted by Gasteiger charge is -2.09. The topological polar surface area (TPSA) is 162 Å². The molecule has 0 spiro atoms. The Morgan fingerprint density at radius 2 is 1.83 bits per heavy atom. The van der Waals surface area contributed by atoms with Crippen molar-refractivity contribution in [2.24, 2.45) is 5.73 Å². The minimum absolute atomic E-state index is 0.0272. The van der Waals surface area contributed by atoms with Crippen LogP contribution < -0.4 is 21.3 Å². The Balaban J connectivity index is 0.00000111. The molecule has 4 rings (SSSR count). The summed E-state index contributed by atoms with van der Waals surface area (Å²) >= 11 is 0. The second kappa shape index (κ2) is 16.6. The molecule has 2 aromatic heterocycles. The van der Waals surface area contributed by atoms with Crippen molar-refractivity contribution in [3.05, 3.63) is 99.8 Å². The molecule has 0 aliphatic carbocycles. The van der Waals surface area contributed by atoms with Crippen LogP contribution in [0.4, 0.5) is 28.0 Å². The number of nitrogens with zero attached hydrogens (tertiary/aromatic N) is 3. The van der Waals surface area contributed by atoms with Gasteiger partial charge < -0.3 is 35.0 Å². The number of halogens is 4. The number of likely N-dealkylation sites (N-methyl/N-ethyl adjacent to an activating group) is 1. The van der Waals surface area contributed by atoms with Gasteiger partial charge in [-0.15, -0.1) is 0 Å². The summed E-state index contributed by atoms with van der Waals surface area (Å²) in [6.45, 7) is -0.660. The van der Waals surface area contributed by atoms with Gasteiger partial charge in [-0.3, -0.25) is 14.4 Å². The molecule has 3 amide bonds. The van der Waals surface area contributed by atoms with Crippen LogP contribution in [0.25, 0.3) is 11.0 Å². The fourth-order valence-electron chi connectivity index (χ4n) is 3.96. The van der Waals surface area contributed by atoms with E-state index in [1.54, 1.807) is 26.2 Å². The number of carbonyl (C=O) groups is 3. The predicted octanol–water partition coefficient (Wildman–Crippen LogP) is 4.37. The van der Waals surface area contributed by atoms with E-state index in [9.17, 15) is 36.7 Å². The highest BCUT2D eigenvalue weighted by atomic mass is 19.2. The molecule has 16 heteroatoms. The Bertz CT molecular complexity index is 1840. The third-order valence-corrected chi connectivity index (χ3v) is 6.35. The van der Waals surface area contributed by atoms with Crippen molar-refractivity contribution >= 4 is 34.6 Å². The number of benzene rings is 2. The standard InChI is InChI=1S/C29H27F4N5O4.C2H5NO2/c1-37(2)25(40)9-5-3-4-8-24(39)35-21-7-6-12-38(29(21)41)15-23-34-22-14-20(32)26(33)28(27(22)36-23)42-16-17-10-11-18(30)13-19(17)31;1-5-2(3)4/h5-7,9-14H,3-4,8,15-16H2,1-2H3,(H,34,36)(H,35,39);1H3,(H2,3,4)/b9-5+;. The van der Waals surface area contributed by atoms with E-state index in [1.807, 2.05) is 0 Å². The van der Waals surface area contributed by atoms with Crippen LogP contribution in [-0.2, 0) is 27.5 Å². The van der Waals surface area contributed by atoms with Gasteiger partial charge in [0.1, 0.15) is 35.3 Å². The molecule has 12 nitrogen and oxygen atoms in total. The number of primary amides is 1. The molecule has 0 saturated carbocycles. The summed E-state index contributed by atoms with van der Waals surface area (Å²) in [6.07, 6.45) is 4.90. The Kier molecular flexibility index (Phi) is 12.6. The Labute approximate surface area is 265 Å². The second-order valence-electron chi connectivity index (χ2n) is 10.1. The molecule has 0 unspecified atom stereocenters. The van der Waals surface area contributed by atoms with E-state index >= 15 is 0 Å². The SMILES string of the molecule is CN(C)C(=O)/C=C/CCCC(=O)Nc1cccn(Cc2nc3c(OCc4ccc(F)cc4F)c(F)c(F)cc3[nH]2)c1=O.COC(N)=O. The van der Waals surface area contributed by atoms with Gasteiger partial charge in [0, 0.05) is 44.4 Å². The molecule has 4 aromatic rings. The maximum Gasteiger partial charge on any atom is 0.404 e. The summed E-state index contributed by atoms with van der Waals surface area (Å²) in [5.41, 5.74) is 3.82. The normalized spacial score (nSPS) is 10.8. The number of carbonyl (C=O) groups excluding carboxylic acids is 3. The summed E-state index contributed by atoms with van der Waals surface area (Å²) in [7, 11) is 4.49. The number of aromatic nitrogens is 3. The molecule has 0 saturated heterocycles. The van der Waals surface area contributed by atoms with Gasteiger partial charge in [-0.25, -0.2) is 22.9 Å². The lowest BCUT2D eigenvalue weighted by Crippen LogP contribution is -2.26. The molecule has 0 aliphatic heterocycles. The average Bonchev–Trinajstić information content (AvgIpc) is 3.41. The van der Waals surface area contributed by atoms with E-state index in [4.69, 9.17) is 4.74 Å². The lowest BCUT2D eigenvalue weighted by molar-refractivity contribution is -0.123. The number of ether oxygens (including phenoxy) is 2. The van der Waals surface area contributed by atoms with Crippen molar-refractivity contribution in [2.75, 3.05) is 26.5 Å². The first-order valence-electron chi connectivity index (χ1n) is 13.9. The van der Waals surface area contributed by atoms with Crippen LogP contribution in [0.3, 0.4) is 0 Å². The smallest absolute Gasteiger partial charge is 0.404 e. The zero-order chi connectivity index (χ0) is 34.7. The molecular formula is C31H32F4N6O6. The van der Waals surface area contributed by atoms with Gasteiger partial charge >= 0.3 is 6.09 Å². The number of methoxy groups -OCH3 is 1. The molecule has 0 radical (unpaired) electrons. The molecular weight excluding hydrogens is 628 g/mol. The molecule has 4 N–H and O–H groups in total. The van der Waals surface area contributed by atoms with Crippen molar-refractivity contribution in [1.29, 1.82) is 0 Å². The van der Waals surface area contributed by atoms with Crippen molar-refractivity contribution in [3.63, 3.8) is 0 Å².